The molecule has 0 aromatic heterocycles. The van der Waals surface area contributed by atoms with Gasteiger partial charge in [-0.25, -0.2) is 4.79 Å². The maximum atomic E-state index is 11.6. The lowest BCUT2D eigenvalue weighted by atomic mass is 10.1. The molecule has 0 spiro atoms. The van der Waals surface area contributed by atoms with E-state index in [2.05, 4.69) is 17.2 Å². The van der Waals surface area contributed by atoms with Gasteiger partial charge in [-0.1, -0.05) is 18.2 Å². The van der Waals surface area contributed by atoms with Crippen LogP contribution in [0.1, 0.15) is 5.56 Å². The number of benzene rings is 1. The molecule has 0 unspecified atom stereocenters. The topological polar surface area (TPSA) is 98.7 Å². The number of hydrogen-bond donors (Lipinski definition) is 4. The van der Waals surface area contributed by atoms with Crippen molar-refractivity contribution in [3.63, 3.8) is 0 Å². The van der Waals surface area contributed by atoms with Crippen molar-refractivity contribution in [1.29, 1.82) is 0 Å². The molecule has 1 aromatic carbocycles. The molecule has 0 bridgehead atoms. The molecule has 1 rings (SSSR count). The summed E-state index contributed by atoms with van der Waals surface area (Å²) >= 11 is 0. The zero-order valence-corrected chi connectivity index (χ0v) is 11.0. The molecule has 0 aliphatic heterocycles. The van der Waals surface area contributed by atoms with Crippen LogP contribution in [0, 0.1) is 0 Å². The number of carbonyl (C=O) groups is 2. The molecule has 0 saturated carbocycles. The van der Waals surface area contributed by atoms with Crippen molar-refractivity contribution in [1.82, 2.24) is 10.6 Å². The number of amides is 1. The Hall–Kier alpha value is -2.34. The lowest BCUT2D eigenvalue weighted by Crippen LogP contribution is -2.45. The average Bonchev–Trinajstić information content (AvgIpc) is 2.40. The van der Waals surface area contributed by atoms with Crippen molar-refractivity contribution in [3.05, 3.63) is 42.5 Å². The fourth-order valence-corrected chi connectivity index (χ4v) is 1.60. The summed E-state index contributed by atoms with van der Waals surface area (Å²) in [5, 5.41) is 23.5. The third kappa shape index (κ3) is 5.53. The molecule has 0 aliphatic carbocycles. The Kier molecular flexibility index (Phi) is 6.25. The first-order valence-corrected chi connectivity index (χ1v) is 6.14. The van der Waals surface area contributed by atoms with Gasteiger partial charge in [0.1, 0.15) is 11.8 Å². The predicted octanol–water partition coefficient (Wildman–Crippen LogP) is 0.280. The van der Waals surface area contributed by atoms with E-state index in [-0.39, 0.29) is 18.7 Å². The number of carboxylic acid groups (broad SMARTS) is 1. The highest BCUT2D eigenvalue weighted by Crippen LogP contribution is 2.11. The largest absolute Gasteiger partial charge is 0.508 e. The molecule has 6 nitrogen and oxygen atoms in total. The van der Waals surface area contributed by atoms with Crippen LogP contribution in [0.25, 0.3) is 0 Å². The highest BCUT2D eigenvalue weighted by Gasteiger charge is 2.20. The van der Waals surface area contributed by atoms with Crippen molar-refractivity contribution in [2.45, 2.75) is 12.5 Å². The quantitative estimate of drug-likeness (QED) is 0.404. The Morgan fingerprint density at radius 1 is 1.30 bits per heavy atom. The first-order chi connectivity index (χ1) is 9.52. The van der Waals surface area contributed by atoms with Crippen molar-refractivity contribution in [2.75, 3.05) is 13.1 Å². The van der Waals surface area contributed by atoms with Crippen LogP contribution in [-0.2, 0) is 16.0 Å². The van der Waals surface area contributed by atoms with Crippen molar-refractivity contribution >= 4 is 11.9 Å². The van der Waals surface area contributed by atoms with Gasteiger partial charge >= 0.3 is 5.97 Å². The van der Waals surface area contributed by atoms with Gasteiger partial charge < -0.3 is 20.8 Å². The number of carboxylic acids is 1. The molecule has 1 atom stereocenters. The normalized spacial score (nSPS) is 11.6. The smallest absolute Gasteiger partial charge is 0.326 e. The van der Waals surface area contributed by atoms with Crippen LogP contribution in [0.4, 0.5) is 0 Å². The van der Waals surface area contributed by atoms with E-state index in [4.69, 9.17) is 10.2 Å². The number of rotatable bonds is 8. The van der Waals surface area contributed by atoms with Gasteiger partial charge in [-0.3, -0.25) is 4.79 Å². The molecule has 0 saturated heterocycles. The predicted molar refractivity (Wildman–Crippen MR) is 74.4 cm³/mol. The number of carbonyl (C=O) groups excluding carboxylic acids is 1. The van der Waals surface area contributed by atoms with Crippen LogP contribution in [0.3, 0.4) is 0 Å². The van der Waals surface area contributed by atoms with E-state index in [1.807, 2.05) is 0 Å². The molecule has 0 fully saturated rings. The Labute approximate surface area is 117 Å². The molecule has 0 heterocycles. The standard InChI is InChI=1S/C14H18N2O4/c1-2-7-15-9-13(18)16-12(14(19)20)8-10-3-5-11(17)6-4-10/h2-6,12,15,17H,1,7-9H2,(H,16,18)(H,19,20)/t12-/m0/s1. The second-order valence-corrected chi connectivity index (χ2v) is 4.25. The maximum absolute atomic E-state index is 11.6. The van der Waals surface area contributed by atoms with Gasteiger partial charge in [0, 0.05) is 13.0 Å². The van der Waals surface area contributed by atoms with Crippen LogP contribution in [-0.4, -0.2) is 41.2 Å². The summed E-state index contributed by atoms with van der Waals surface area (Å²) in [6, 6.07) is 5.18. The monoisotopic (exact) mass is 278 g/mol. The van der Waals surface area contributed by atoms with E-state index < -0.39 is 17.9 Å². The van der Waals surface area contributed by atoms with Crippen molar-refractivity contribution in [2.24, 2.45) is 0 Å². The van der Waals surface area contributed by atoms with E-state index in [9.17, 15) is 9.59 Å². The summed E-state index contributed by atoms with van der Waals surface area (Å²) in [6.07, 6.45) is 1.77. The Morgan fingerprint density at radius 2 is 1.95 bits per heavy atom. The molecule has 4 N–H and O–H groups in total. The molecular formula is C14H18N2O4. The number of phenols is 1. The molecule has 1 aromatic rings. The van der Waals surface area contributed by atoms with Gasteiger partial charge in [0.25, 0.3) is 0 Å². The van der Waals surface area contributed by atoms with Crippen LogP contribution >= 0.6 is 0 Å². The van der Waals surface area contributed by atoms with Crippen LogP contribution in [0.15, 0.2) is 36.9 Å². The van der Waals surface area contributed by atoms with E-state index in [1.54, 1.807) is 18.2 Å². The van der Waals surface area contributed by atoms with Crippen molar-refractivity contribution in [3.8, 4) is 5.75 Å². The molecular weight excluding hydrogens is 260 g/mol. The highest BCUT2D eigenvalue weighted by atomic mass is 16.4. The third-order valence-electron chi connectivity index (χ3n) is 2.58. The van der Waals surface area contributed by atoms with Gasteiger partial charge in [0.2, 0.25) is 5.91 Å². The summed E-state index contributed by atoms with van der Waals surface area (Å²) in [5.74, 6) is -1.38. The molecule has 1 amide bonds. The molecule has 20 heavy (non-hydrogen) atoms. The van der Waals surface area contributed by atoms with Crippen LogP contribution in [0.5, 0.6) is 5.75 Å². The summed E-state index contributed by atoms with van der Waals surface area (Å²) in [6.45, 7) is 4.01. The van der Waals surface area contributed by atoms with Gasteiger partial charge in [0.05, 0.1) is 6.54 Å². The lowest BCUT2D eigenvalue weighted by Gasteiger charge is -2.14. The molecule has 0 aliphatic rings. The first kappa shape index (κ1) is 15.7. The average molecular weight is 278 g/mol. The number of nitrogens with one attached hydrogen (secondary N) is 2. The summed E-state index contributed by atoms with van der Waals surface area (Å²) in [4.78, 5) is 22.7. The second-order valence-electron chi connectivity index (χ2n) is 4.25. The Balaban J connectivity index is 2.56. The van der Waals surface area contributed by atoms with Crippen molar-refractivity contribution < 1.29 is 19.8 Å². The van der Waals surface area contributed by atoms with Gasteiger partial charge in [0.15, 0.2) is 0 Å². The Bertz CT molecular complexity index is 471. The summed E-state index contributed by atoms with van der Waals surface area (Å²) in [7, 11) is 0. The molecule has 0 radical (unpaired) electrons. The molecule has 6 heteroatoms. The fourth-order valence-electron chi connectivity index (χ4n) is 1.60. The van der Waals surface area contributed by atoms with Crippen LogP contribution in [0.2, 0.25) is 0 Å². The van der Waals surface area contributed by atoms with Gasteiger partial charge in [-0.2, -0.15) is 0 Å². The minimum absolute atomic E-state index is 0.0331. The number of aromatic hydroxyl groups is 1. The zero-order chi connectivity index (χ0) is 15.0. The van der Waals surface area contributed by atoms with E-state index in [1.165, 1.54) is 12.1 Å². The summed E-state index contributed by atoms with van der Waals surface area (Å²) < 4.78 is 0. The number of hydrogen-bond acceptors (Lipinski definition) is 4. The molecule has 108 valence electrons. The maximum Gasteiger partial charge on any atom is 0.326 e. The van der Waals surface area contributed by atoms with Gasteiger partial charge in [-0.15, -0.1) is 6.58 Å². The minimum Gasteiger partial charge on any atom is -0.508 e. The lowest BCUT2D eigenvalue weighted by molar-refractivity contribution is -0.141. The fraction of sp³-hybridized carbons (Fsp3) is 0.286. The second kappa shape index (κ2) is 7.96. The van der Waals surface area contributed by atoms with E-state index in [0.717, 1.165) is 5.56 Å². The zero-order valence-electron chi connectivity index (χ0n) is 11.0. The number of aliphatic carboxylic acids is 1. The highest BCUT2D eigenvalue weighted by molar-refractivity contribution is 5.84. The minimum atomic E-state index is -1.10. The van der Waals surface area contributed by atoms with E-state index >= 15 is 0 Å². The first-order valence-electron chi connectivity index (χ1n) is 6.14. The van der Waals surface area contributed by atoms with Crippen LogP contribution < -0.4 is 10.6 Å². The Morgan fingerprint density at radius 3 is 2.50 bits per heavy atom. The number of phenolic OH excluding ortho intramolecular Hbond substituents is 1. The third-order valence-corrected chi connectivity index (χ3v) is 2.58. The SMILES string of the molecule is C=CCNCC(=O)N[C@@H](Cc1ccc(O)cc1)C(=O)O. The van der Waals surface area contributed by atoms with Gasteiger partial charge in [-0.05, 0) is 17.7 Å². The van der Waals surface area contributed by atoms with E-state index in [0.29, 0.717) is 6.54 Å². The summed E-state index contributed by atoms with van der Waals surface area (Å²) in [5.41, 5.74) is 0.717.